The van der Waals surface area contributed by atoms with Gasteiger partial charge in [0.1, 0.15) is 5.01 Å². The SMILES string of the molecule is CCN(C)C(=O)C(C)NCc1nc2ccccc2s1. The zero-order chi connectivity index (χ0) is 13.8. The van der Waals surface area contributed by atoms with E-state index >= 15 is 0 Å². The average molecular weight is 277 g/mol. The minimum absolute atomic E-state index is 0.114. The Hall–Kier alpha value is -1.46. The molecule has 1 amide bonds. The fourth-order valence-electron chi connectivity index (χ4n) is 1.81. The van der Waals surface area contributed by atoms with Crippen LogP contribution in [-0.2, 0) is 11.3 Å². The number of amides is 1. The number of aromatic nitrogens is 1. The lowest BCUT2D eigenvalue weighted by atomic mass is 10.3. The lowest BCUT2D eigenvalue weighted by Crippen LogP contribution is -2.42. The number of benzene rings is 1. The second kappa shape index (κ2) is 6.12. The average Bonchev–Trinajstić information content (AvgIpc) is 2.85. The van der Waals surface area contributed by atoms with Gasteiger partial charge in [0, 0.05) is 20.1 Å². The van der Waals surface area contributed by atoms with Gasteiger partial charge in [-0.1, -0.05) is 12.1 Å². The molecule has 0 saturated carbocycles. The molecule has 1 atom stereocenters. The van der Waals surface area contributed by atoms with E-state index in [-0.39, 0.29) is 11.9 Å². The summed E-state index contributed by atoms with van der Waals surface area (Å²) in [5.74, 6) is 0.114. The van der Waals surface area contributed by atoms with Crippen molar-refractivity contribution < 1.29 is 4.79 Å². The monoisotopic (exact) mass is 277 g/mol. The summed E-state index contributed by atoms with van der Waals surface area (Å²) in [6.45, 7) is 5.22. The molecule has 2 aromatic rings. The van der Waals surface area contributed by atoms with Gasteiger partial charge in [-0.05, 0) is 26.0 Å². The first kappa shape index (κ1) is 14.0. The topological polar surface area (TPSA) is 45.2 Å². The Morgan fingerprint density at radius 2 is 2.21 bits per heavy atom. The number of carbonyl (C=O) groups excluding carboxylic acids is 1. The van der Waals surface area contributed by atoms with Crippen molar-refractivity contribution in [2.75, 3.05) is 13.6 Å². The van der Waals surface area contributed by atoms with Crippen molar-refractivity contribution in [1.82, 2.24) is 15.2 Å². The highest BCUT2D eigenvalue weighted by Gasteiger charge is 2.16. The van der Waals surface area contributed by atoms with Crippen molar-refractivity contribution in [2.45, 2.75) is 26.4 Å². The first-order valence-corrected chi connectivity index (χ1v) is 7.26. The Kier molecular flexibility index (Phi) is 4.50. The predicted octanol–water partition coefficient (Wildman–Crippen LogP) is 2.25. The summed E-state index contributed by atoms with van der Waals surface area (Å²) in [5, 5.41) is 4.25. The number of rotatable bonds is 5. The van der Waals surface area contributed by atoms with Crippen molar-refractivity contribution in [3.05, 3.63) is 29.3 Å². The molecule has 19 heavy (non-hydrogen) atoms. The Bertz CT molecular complexity index is 534. The molecule has 4 nitrogen and oxygen atoms in total. The minimum Gasteiger partial charge on any atom is -0.345 e. The fraction of sp³-hybridized carbons (Fsp3) is 0.429. The van der Waals surface area contributed by atoms with Crippen LogP contribution in [-0.4, -0.2) is 35.4 Å². The summed E-state index contributed by atoms with van der Waals surface area (Å²) >= 11 is 1.67. The largest absolute Gasteiger partial charge is 0.345 e. The van der Waals surface area contributed by atoms with Gasteiger partial charge in [-0.15, -0.1) is 11.3 Å². The fourth-order valence-corrected chi connectivity index (χ4v) is 2.73. The van der Waals surface area contributed by atoms with Crippen LogP contribution in [0.1, 0.15) is 18.9 Å². The molecule has 1 aromatic heterocycles. The van der Waals surface area contributed by atoms with Gasteiger partial charge < -0.3 is 4.90 Å². The number of nitrogens with one attached hydrogen (secondary N) is 1. The van der Waals surface area contributed by atoms with E-state index in [1.165, 1.54) is 4.70 Å². The summed E-state index contributed by atoms with van der Waals surface area (Å²) in [6.07, 6.45) is 0. The van der Waals surface area contributed by atoms with Crippen molar-refractivity contribution in [3.8, 4) is 0 Å². The lowest BCUT2D eigenvalue weighted by molar-refractivity contribution is -0.131. The van der Waals surface area contributed by atoms with Gasteiger partial charge in [-0.3, -0.25) is 10.1 Å². The molecule has 0 spiro atoms. The molecule has 2 rings (SSSR count). The molecule has 1 N–H and O–H groups in total. The zero-order valence-corrected chi connectivity index (χ0v) is 12.3. The minimum atomic E-state index is -0.183. The van der Waals surface area contributed by atoms with Crippen molar-refractivity contribution in [2.24, 2.45) is 0 Å². The van der Waals surface area contributed by atoms with E-state index in [1.54, 1.807) is 16.2 Å². The number of carbonyl (C=O) groups is 1. The summed E-state index contributed by atoms with van der Waals surface area (Å²) in [4.78, 5) is 18.2. The van der Waals surface area contributed by atoms with Crippen LogP contribution in [0.3, 0.4) is 0 Å². The summed E-state index contributed by atoms with van der Waals surface area (Å²) in [7, 11) is 1.82. The standard InChI is InChI=1S/C14H19N3OS/c1-4-17(3)14(18)10(2)15-9-13-16-11-7-5-6-8-12(11)19-13/h5-8,10,15H,4,9H2,1-3H3. The molecule has 0 bridgehead atoms. The van der Waals surface area contributed by atoms with E-state index in [0.29, 0.717) is 6.54 Å². The molecule has 0 aliphatic heterocycles. The van der Waals surface area contributed by atoms with Crippen molar-refractivity contribution >= 4 is 27.5 Å². The van der Waals surface area contributed by atoms with Gasteiger partial charge >= 0.3 is 0 Å². The molecule has 0 aliphatic rings. The highest BCUT2D eigenvalue weighted by atomic mass is 32.1. The number of nitrogens with zero attached hydrogens (tertiary/aromatic N) is 2. The number of likely N-dealkylation sites (N-methyl/N-ethyl adjacent to an activating group) is 1. The second-order valence-corrected chi connectivity index (χ2v) is 5.65. The lowest BCUT2D eigenvalue weighted by Gasteiger charge is -2.20. The van der Waals surface area contributed by atoms with E-state index in [9.17, 15) is 4.79 Å². The highest BCUT2D eigenvalue weighted by Crippen LogP contribution is 2.21. The Labute approximate surface area is 117 Å². The van der Waals surface area contributed by atoms with E-state index in [1.807, 2.05) is 39.1 Å². The Morgan fingerprint density at radius 3 is 2.89 bits per heavy atom. The van der Waals surface area contributed by atoms with Gasteiger partial charge in [0.05, 0.1) is 16.3 Å². The molecule has 0 radical (unpaired) electrons. The van der Waals surface area contributed by atoms with Crippen LogP contribution in [0.15, 0.2) is 24.3 Å². The smallest absolute Gasteiger partial charge is 0.239 e. The van der Waals surface area contributed by atoms with Crippen LogP contribution in [0.2, 0.25) is 0 Å². The third-order valence-electron chi connectivity index (χ3n) is 3.12. The molecule has 1 unspecified atom stereocenters. The molecule has 0 fully saturated rings. The molecular weight excluding hydrogens is 258 g/mol. The first-order chi connectivity index (χ1) is 9.11. The number of fused-ring (bicyclic) bond motifs is 1. The van der Waals surface area contributed by atoms with Gasteiger partial charge in [-0.2, -0.15) is 0 Å². The third kappa shape index (κ3) is 3.30. The summed E-state index contributed by atoms with van der Waals surface area (Å²) in [6, 6.07) is 7.89. The van der Waals surface area contributed by atoms with Crippen LogP contribution >= 0.6 is 11.3 Å². The van der Waals surface area contributed by atoms with Crippen LogP contribution in [0.5, 0.6) is 0 Å². The Balaban J connectivity index is 1.96. The predicted molar refractivity (Wildman–Crippen MR) is 79.2 cm³/mol. The molecule has 5 heteroatoms. The highest BCUT2D eigenvalue weighted by molar-refractivity contribution is 7.18. The van der Waals surface area contributed by atoms with Crippen LogP contribution < -0.4 is 5.32 Å². The van der Waals surface area contributed by atoms with Gasteiger partial charge in [0.2, 0.25) is 5.91 Å². The van der Waals surface area contributed by atoms with E-state index in [2.05, 4.69) is 16.4 Å². The van der Waals surface area contributed by atoms with Gasteiger partial charge in [0.15, 0.2) is 0 Å². The maximum Gasteiger partial charge on any atom is 0.239 e. The quantitative estimate of drug-likeness (QED) is 0.911. The zero-order valence-electron chi connectivity index (χ0n) is 11.5. The van der Waals surface area contributed by atoms with Crippen LogP contribution in [0, 0.1) is 0 Å². The van der Waals surface area contributed by atoms with Crippen LogP contribution in [0.4, 0.5) is 0 Å². The molecule has 1 heterocycles. The van der Waals surface area contributed by atoms with Crippen molar-refractivity contribution in [3.63, 3.8) is 0 Å². The molecule has 102 valence electrons. The number of para-hydroxylation sites is 1. The number of thiazole rings is 1. The third-order valence-corrected chi connectivity index (χ3v) is 4.16. The van der Waals surface area contributed by atoms with E-state index in [0.717, 1.165) is 17.1 Å². The molecule has 0 aliphatic carbocycles. The first-order valence-electron chi connectivity index (χ1n) is 6.44. The molecular formula is C14H19N3OS. The normalized spacial score (nSPS) is 12.6. The van der Waals surface area contributed by atoms with Crippen molar-refractivity contribution in [1.29, 1.82) is 0 Å². The number of hydrogen-bond acceptors (Lipinski definition) is 4. The summed E-state index contributed by atoms with van der Waals surface area (Å²) in [5.41, 5.74) is 1.02. The Morgan fingerprint density at radius 1 is 1.47 bits per heavy atom. The van der Waals surface area contributed by atoms with E-state index < -0.39 is 0 Å². The molecule has 1 aromatic carbocycles. The van der Waals surface area contributed by atoms with Gasteiger partial charge in [-0.25, -0.2) is 4.98 Å². The van der Waals surface area contributed by atoms with Crippen LogP contribution in [0.25, 0.3) is 10.2 Å². The molecule has 0 saturated heterocycles. The second-order valence-electron chi connectivity index (χ2n) is 4.53. The van der Waals surface area contributed by atoms with E-state index in [4.69, 9.17) is 0 Å². The number of hydrogen-bond donors (Lipinski definition) is 1. The maximum absolute atomic E-state index is 11.9. The summed E-state index contributed by atoms with van der Waals surface area (Å²) < 4.78 is 1.18. The van der Waals surface area contributed by atoms with Gasteiger partial charge in [0.25, 0.3) is 0 Å². The maximum atomic E-state index is 11.9.